The molecule has 2 nitrogen and oxygen atoms in total. The first-order chi connectivity index (χ1) is 14.6. The summed E-state index contributed by atoms with van der Waals surface area (Å²) in [6.07, 6.45) is 10.6. The normalized spacial score (nSPS) is 19.4. The fourth-order valence-corrected chi connectivity index (χ4v) is 4.86. The Balaban J connectivity index is 1.48. The van der Waals surface area contributed by atoms with Gasteiger partial charge in [0.1, 0.15) is 0 Å². The Bertz CT molecular complexity index is 753. The van der Waals surface area contributed by atoms with E-state index in [4.69, 9.17) is 0 Å². The molecule has 1 saturated carbocycles. The predicted octanol–water partition coefficient (Wildman–Crippen LogP) is 6.00. The summed E-state index contributed by atoms with van der Waals surface area (Å²) >= 11 is 0. The third-order valence-electron chi connectivity index (χ3n) is 7.15. The van der Waals surface area contributed by atoms with Crippen LogP contribution in [0.5, 0.6) is 0 Å². The van der Waals surface area contributed by atoms with Crippen molar-refractivity contribution in [3.8, 4) is 0 Å². The van der Waals surface area contributed by atoms with Crippen molar-refractivity contribution >= 4 is 0 Å². The second-order valence-electron chi connectivity index (χ2n) is 9.58. The Labute approximate surface area is 183 Å². The van der Waals surface area contributed by atoms with Gasteiger partial charge < -0.3 is 10.2 Å². The SMILES string of the molecule is Cc1cc(CCCC(CO)CO)ccc1CCc1ccc(C2CCC(C)CC2)cc1. The molecule has 0 spiro atoms. The molecule has 2 aromatic carbocycles. The second kappa shape index (κ2) is 11.7. The standard InChI is InChI=1S/C28H40O2/c1-21-6-12-27(13-7-21)28-16-9-23(10-17-28)8-14-26-15-11-24(18-22(26)2)4-3-5-25(19-29)20-30/h9-11,15-18,21,25,27,29-30H,3-8,12-14,19-20H2,1-2H3. The molecule has 0 aromatic heterocycles. The van der Waals surface area contributed by atoms with Gasteiger partial charge >= 0.3 is 0 Å². The average molecular weight is 409 g/mol. The van der Waals surface area contributed by atoms with Gasteiger partial charge in [-0.2, -0.15) is 0 Å². The number of benzene rings is 2. The molecule has 2 N–H and O–H groups in total. The van der Waals surface area contributed by atoms with Crippen LogP contribution in [0.15, 0.2) is 42.5 Å². The molecule has 0 radical (unpaired) electrons. The van der Waals surface area contributed by atoms with Crippen molar-refractivity contribution < 1.29 is 10.2 Å². The summed E-state index contributed by atoms with van der Waals surface area (Å²) in [6.45, 7) is 4.76. The van der Waals surface area contributed by atoms with Gasteiger partial charge in [-0.05, 0) is 91.5 Å². The van der Waals surface area contributed by atoms with E-state index in [0.717, 1.165) is 43.9 Å². The van der Waals surface area contributed by atoms with Gasteiger partial charge in [0.2, 0.25) is 0 Å². The van der Waals surface area contributed by atoms with Crippen molar-refractivity contribution in [3.05, 3.63) is 70.3 Å². The second-order valence-corrected chi connectivity index (χ2v) is 9.58. The van der Waals surface area contributed by atoms with Crippen LogP contribution in [0.3, 0.4) is 0 Å². The summed E-state index contributed by atoms with van der Waals surface area (Å²) < 4.78 is 0. The van der Waals surface area contributed by atoms with Crippen LogP contribution in [0.25, 0.3) is 0 Å². The van der Waals surface area contributed by atoms with E-state index in [0.29, 0.717) is 0 Å². The van der Waals surface area contributed by atoms with Crippen LogP contribution < -0.4 is 0 Å². The Morgan fingerprint density at radius 1 is 0.833 bits per heavy atom. The molecule has 3 rings (SSSR count). The van der Waals surface area contributed by atoms with E-state index in [1.54, 1.807) is 0 Å². The number of rotatable bonds is 10. The van der Waals surface area contributed by atoms with Crippen molar-refractivity contribution in [1.29, 1.82) is 0 Å². The maximum absolute atomic E-state index is 9.19. The zero-order chi connectivity index (χ0) is 21.3. The fourth-order valence-electron chi connectivity index (χ4n) is 4.86. The Hall–Kier alpha value is -1.64. The lowest BCUT2D eigenvalue weighted by molar-refractivity contribution is 0.142. The average Bonchev–Trinajstić information content (AvgIpc) is 2.77. The molecule has 2 heteroatoms. The van der Waals surface area contributed by atoms with Crippen molar-refractivity contribution in [2.24, 2.45) is 11.8 Å². The molecule has 0 atom stereocenters. The van der Waals surface area contributed by atoms with E-state index >= 15 is 0 Å². The molecule has 164 valence electrons. The lowest BCUT2D eigenvalue weighted by atomic mass is 9.79. The van der Waals surface area contributed by atoms with E-state index in [-0.39, 0.29) is 19.1 Å². The number of hydrogen-bond donors (Lipinski definition) is 2. The molecule has 0 bridgehead atoms. The van der Waals surface area contributed by atoms with Gasteiger partial charge in [0.15, 0.2) is 0 Å². The summed E-state index contributed by atoms with van der Waals surface area (Å²) in [5.41, 5.74) is 7.15. The molecule has 30 heavy (non-hydrogen) atoms. The van der Waals surface area contributed by atoms with Gasteiger partial charge in [-0.15, -0.1) is 0 Å². The zero-order valence-corrected chi connectivity index (χ0v) is 18.9. The smallest absolute Gasteiger partial charge is 0.0481 e. The van der Waals surface area contributed by atoms with Gasteiger partial charge in [0, 0.05) is 19.1 Å². The highest BCUT2D eigenvalue weighted by atomic mass is 16.3. The third-order valence-corrected chi connectivity index (χ3v) is 7.15. The molecule has 0 heterocycles. The van der Waals surface area contributed by atoms with Crippen LogP contribution in [-0.4, -0.2) is 23.4 Å². The maximum Gasteiger partial charge on any atom is 0.0481 e. The summed E-state index contributed by atoms with van der Waals surface area (Å²) in [4.78, 5) is 0. The summed E-state index contributed by atoms with van der Waals surface area (Å²) in [5.74, 6) is 1.71. The van der Waals surface area contributed by atoms with E-state index in [1.807, 2.05) is 0 Å². The summed E-state index contributed by atoms with van der Waals surface area (Å²) in [7, 11) is 0. The first-order valence-electron chi connectivity index (χ1n) is 12.0. The van der Waals surface area contributed by atoms with Gasteiger partial charge in [-0.25, -0.2) is 0 Å². The van der Waals surface area contributed by atoms with Gasteiger partial charge in [0.05, 0.1) is 0 Å². The summed E-state index contributed by atoms with van der Waals surface area (Å²) in [5, 5.41) is 18.4. The van der Waals surface area contributed by atoms with E-state index in [9.17, 15) is 10.2 Å². The topological polar surface area (TPSA) is 40.5 Å². The molecule has 0 unspecified atom stereocenters. The number of aliphatic hydroxyl groups excluding tert-OH is 2. The number of hydrogen-bond acceptors (Lipinski definition) is 2. The fraction of sp³-hybridized carbons (Fsp3) is 0.571. The molecular weight excluding hydrogens is 368 g/mol. The minimum absolute atomic E-state index is 0.0263. The van der Waals surface area contributed by atoms with Crippen LogP contribution in [0.4, 0.5) is 0 Å². The highest BCUT2D eigenvalue weighted by Crippen LogP contribution is 2.35. The van der Waals surface area contributed by atoms with Crippen molar-refractivity contribution in [2.75, 3.05) is 13.2 Å². The minimum atomic E-state index is 0.0263. The van der Waals surface area contributed by atoms with Crippen LogP contribution in [0.2, 0.25) is 0 Å². The van der Waals surface area contributed by atoms with Gasteiger partial charge in [-0.3, -0.25) is 0 Å². The van der Waals surface area contributed by atoms with Crippen LogP contribution in [0.1, 0.15) is 79.2 Å². The van der Waals surface area contributed by atoms with Crippen LogP contribution >= 0.6 is 0 Å². The molecule has 0 saturated heterocycles. The molecule has 2 aromatic rings. The predicted molar refractivity (Wildman–Crippen MR) is 126 cm³/mol. The first-order valence-corrected chi connectivity index (χ1v) is 12.0. The molecule has 1 fully saturated rings. The lowest BCUT2D eigenvalue weighted by Crippen LogP contribution is -2.11. The van der Waals surface area contributed by atoms with Crippen LogP contribution in [-0.2, 0) is 19.3 Å². The quantitative estimate of drug-likeness (QED) is 0.506. The van der Waals surface area contributed by atoms with Crippen LogP contribution in [0, 0.1) is 18.8 Å². The number of aliphatic hydroxyl groups is 2. The third kappa shape index (κ3) is 6.68. The monoisotopic (exact) mass is 408 g/mol. The van der Waals surface area contributed by atoms with E-state index in [2.05, 4.69) is 56.3 Å². The number of aryl methyl sites for hydroxylation is 4. The Morgan fingerprint density at radius 3 is 2.13 bits per heavy atom. The van der Waals surface area contributed by atoms with Crippen molar-refractivity contribution in [2.45, 2.75) is 77.6 Å². The van der Waals surface area contributed by atoms with Crippen molar-refractivity contribution in [1.82, 2.24) is 0 Å². The first kappa shape index (κ1) is 23.0. The lowest BCUT2D eigenvalue weighted by Gasteiger charge is -2.26. The minimum Gasteiger partial charge on any atom is -0.396 e. The largest absolute Gasteiger partial charge is 0.396 e. The highest BCUT2D eigenvalue weighted by Gasteiger charge is 2.19. The van der Waals surface area contributed by atoms with Crippen molar-refractivity contribution in [3.63, 3.8) is 0 Å². The summed E-state index contributed by atoms with van der Waals surface area (Å²) in [6, 6.07) is 16.3. The molecular formula is C28H40O2. The van der Waals surface area contributed by atoms with Gasteiger partial charge in [-0.1, -0.05) is 62.2 Å². The van der Waals surface area contributed by atoms with E-state index < -0.39 is 0 Å². The molecule has 1 aliphatic rings. The molecule has 0 aliphatic heterocycles. The van der Waals surface area contributed by atoms with E-state index in [1.165, 1.54) is 53.5 Å². The Kier molecular flexibility index (Phi) is 8.96. The highest BCUT2D eigenvalue weighted by molar-refractivity contribution is 5.33. The molecule has 1 aliphatic carbocycles. The molecule has 0 amide bonds. The Morgan fingerprint density at radius 2 is 1.50 bits per heavy atom. The zero-order valence-electron chi connectivity index (χ0n) is 18.9. The van der Waals surface area contributed by atoms with Gasteiger partial charge in [0.25, 0.3) is 0 Å². The maximum atomic E-state index is 9.19.